The van der Waals surface area contributed by atoms with Gasteiger partial charge in [-0.15, -0.1) is 0 Å². The van der Waals surface area contributed by atoms with E-state index in [2.05, 4.69) is 63.8 Å². The van der Waals surface area contributed by atoms with Crippen LogP contribution >= 0.6 is 0 Å². The number of aromatic amines is 1. The lowest BCUT2D eigenvalue weighted by molar-refractivity contribution is 1.32. The number of hydrogen-bond acceptors (Lipinski definition) is 2. The van der Waals surface area contributed by atoms with Gasteiger partial charge < -0.3 is 10.3 Å². The van der Waals surface area contributed by atoms with E-state index in [-0.39, 0.29) is 0 Å². The highest BCUT2D eigenvalue weighted by Crippen LogP contribution is 2.30. The van der Waals surface area contributed by atoms with Gasteiger partial charge in [0.1, 0.15) is 0 Å². The molecule has 3 nitrogen and oxygen atoms in total. The average Bonchev–Trinajstić information content (AvgIpc) is 3.04. The van der Waals surface area contributed by atoms with E-state index < -0.39 is 0 Å². The van der Waals surface area contributed by atoms with Crippen LogP contribution in [0.2, 0.25) is 0 Å². The van der Waals surface area contributed by atoms with Crippen LogP contribution in [0.25, 0.3) is 22.0 Å². The van der Waals surface area contributed by atoms with Crippen molar-refractivity contribution in [1.29, 1.82) is 0 Å². The molecule has 0 spiro atoms. The Bertz CT molecular complexity index is 910. The summed E-state index contributed by atoms with van der Waals surface area (Å²) >= 11 is 0. The molecule has 0 atom stereocenters. The maximum Gasteiger partial charge on any atom is 0.0570 e. The number of nitrogens with one attached hydrogen (secondary N) is 2. The predicted octanol–water partition coefficient (Wildman–Crippen LogP) is 4.97. The number of H-pyrrole nitrogens is 1. The summed E-state index contributed by atoms with van der Waals surface area (Å²) in [6.07, 6.45) is 5.57. The molecule has 2 N–H and O–H groups in total. The fourth-order valence-electron chi connectivity index (χ4n) is 2.70. The molecule has 0 aliphatic carbocycles. The third-order valence-corrected chi connectivity index (χ3v) is 3.72. The fourth-order valence-corrected chi connectivity index (χ4v) is 2.70. The van der Waals surface area contributed by atoms with Crippen molar-refractivity contribution in [2.45, 2.75) is 0 Å². The minimum absolute atomic E-state index is 0.986. The normalized spacial score (nSPS) is 10.7. The van der Waals surface area contributed by atoms with E-state index in [1.807, 2.05) is 24.5 Å². The van der Waals surface area contributed by atoms with Crippen molar-refractivity contribution in [2.75, 3.05) is 5.32 Å². The summed E-state index contributed by atoms with van der Waals surface area (Å²) in [6, 6.07) is 20.8. The van der Waals surface area contributed by atoms with Gasteiger partial charge in [0.15, 0.2) is 0 Å². The number of nitrogens with zero attached hydrogens (tertiary/aromatic N) is 1. The number of anilines is 2. The Morgan fingerprint density at radius 1 is 0.864 bits per heavy atom. The molecule has 0 aliphatic heterocycles. The van der Waals surface area contributed by atoms with Gasteiger partial charge in [0.25, 0.3) is 0 Å². The van der Waals surface area contributed by atoms with Crippen molar-refractivity contribution in [3.63, 3.8) is 0 Å². The molecule has 0 fully saturated rings. The van der Waals surface area contributed by atoms with Gasteiger partial charge in [0.05, 0.1) is 11.9 Å². The van der Waals surface area contributed by atoms with Gasteiger partial charge in [-0.2, -0.15) is 0 Å². The second-order valence-corrected chi connectivity index (χ2v) is 5.19. The first-order valence-corrected chi connectivity index (χ1v) is 7.24. The standard InChI is InChI=1S/C19H15N3/c1-4-14(17-7-2-8-19-18(17)9-11-21-19)12-15(5-1)22-16-6-3-10-20-13-16/h1-13,21-22H. The first kappa shape index (κ1) is 12.7. The Balaban J connectivity index is 1.74. The molecule has 3 heteroatoms. The van der Waals surface area contributed by atoms with Crippen molar-refractivity contribution < 1.29 is 0 Å². The molecule has 0 bridgehead atoms. The second-order valence-electron chi connectivity index (χ2n) is 5.19. The molecule has 22 heavy (non-hydrogen) atoms. The van der Waals surface area contributed by atoms with Crippen LogP contribution in [0.5, 0.6) is 0 Å². The molecule has 0 saturated carbocycles. The molecule has 0 unspecified atom stereocenters. The van der Waals surface area contributed by atoms with Crippen molar-refractivity contribution in [3.05, 3.63) is 79.3 Å². The number of benzene rings is 2. The van der Waals surface area contributed by atoms with Crippen LogP contribution in [0.4, 0.5) is 11.4 Å². The third-order valence-electron chi connectivity index (χ3n) is 3.72. The SMILES string of the molecule is c1cncc(Nc2cccc(-c3cccc4[nH]ccc34)c2)c1. The molecular weight excluding hydrogens is 270 g/mol. The lowest BCUT2D eigenvalue weighted by Gasteiger charge is -2.09. The van der Waals surface area contributed by atoms with E-state index in [1.54, 1.807) is 6.20 Å². The highest BCUT2D eigenvalue weighted by atomic mass is 14.9. The summed E-state index contributed by atoms with van der Waals surface area (Å²) in [5.74, 6) is 0. The monoisotopic (exact) mass is 285 g/mol. The molecule has 2 aromatic carbocycles. The molecule has 2 heterocycles. The van der Waals surface area contributed by atoms with Gasteiger partial charge >= 0.3 is 0 Å². The summed E-state index contributed by atoms with van der Waals surface area (Å²) in [5, 5.41) is 4.62. The van der Waals surface area contributed by atoms with E-state index in [9.17, 15) is 0 Å². The molecule has 2 aromatic heterocycles. The summed E-state index contributed by atoms with van der Waals surface area (Å²) in [6.45, 7) is 0. The highest BCUT2D eigenvalue weighted by Gasteiger charge is 2.05. The lowest BCUT2D eigenvalue weighted by atomic mass is 10.0. The van der Waals surface area contributed by atoms with Crippen LogP contribution in [0, 0.1) is 0 Å². The van der Waals surface area contributed by atoms with Crippen LogP contribution in [-0.4, -0.2) is 9.97 Å². The van der Waals surface area contributed by atoms with Gasteiger partial charge in [0.2, 0.25) is 0 Å². The Morgan fingerprint density at radius 3 is 2.68 bits per heavy atom. The van der Waals surface area contributed by atoms with Crippen molar-refractivity contribution in [1.82, 2.24) is 9.97 Å². The minimum atomic E-state index is 0.986. The summed E-state index contributed by atoms with van der Waals surface area (Å²) in [5.41, 5.74) is 5.62. The molecule has 4 rings (SSSR count). The largest absolute Gasteiger partial charge is 0.361 e. The van der Waals surface area contributed by atoms with Crippen molar-refractivity contribution in [2.24, 2.45) is 0 Å². The third kappa shape index (κ3) is 2.33. The molecule has 106 valence electrons. The molecule has 0 amide bonds. The zero-order valence-corrected chi connectivity index (χ0v) is 12.0. The number of rotatable bonds is 3. The van der Waals surface area contributed by atoms with Crippen molar-refractivity contribution in [3.8, 4) is 11.1 Å². The highest BCUT2D eigenvalue weighted by molar-refractivity contribution is 5.95. The molecular formula is C19H15N3. The predicted molar refractivity (Wildman–Crippen MR) is 91.3 cm³/mol. The first-order valence-electron chi connectivity index (χ1n) is 7.24. The van der Waals surface area contributed by atoms with Gasteiger partial charge in [-0.3, -0.25) is 4.98 Å². The quantitative estimate of drug-likeness (QED) is 0.557. The maximum atomic E-state index is 4.13. The molecule has 0 aliphatic rings. The van der Waals surface area contributed by atoms with Crippen LogP contribution in [0.1, 0.15) is 0 Å². The number of hydrogen-bond donors (Lipinski definition) is 2. The van der Waals surface area contributed by atoms with Crippen LogP contribution in [0.3, 0.4) is 0 Å². The molecule has 0 radical (unpaired) electrons. The van der Waals surface area contributed by atoms with E-state index >= 15 is 0 Å². The van der Waals surface area contributed by atoms with Crippen molar-refractivity contribution >= 4 is 22.3 Å². The summed E-state index contributed by atoms with van der Waals surface area (Å²) in [4.78, 5) is 7.39. The summed E-state index contributed by atoms with van der Waals surface area (Å²) < 4.78 is 0. The Hall–Kier alpha value is -3.07. The van der Waals surface area contributed by atoms with Crippen LogP contribution in [-0.2, 0) is 0 Å². The molecule has 4 aromatic rings. The topological polar surface area (TPSA) is 40.7 Å². The number of pyridine rings is 1. The zero-order chi connectivity index (χ0) is 14.8. The van der Waals surface area contributed by atoms with E-state index in [1.165, 1.54) is 16.5 Å². The first-order chi connectivity index (χ1) is 10.9. The van der Waals surface area contributed by atoms with Gasteiger partial charge in [0, 0.05) is 29.0 Å². The van der Waals surface area contributed by atoms with Crippen LogP contribution < -0.4 is 5.32 Å². The fraction of sp³-hybridized carbons (Fsp3) is 0. The van der Waals surface area contributed by atoms with E-state index in [4.69, 9.17) is 0 Å². The lowest BCUT2D eigenvalue weighted by Crippen LogP contribution is -1.91. The van der Waals surface area contributed by atoms with E-state index in [0.29, 0.717) is 0 Å². The Kier molecular flexibility index (Phi) is 3.09. The van der Waals surface area contributed by atoms with Gasteiger partial charge in [-0.1, -0.05) is 24.3 Å². The average molecular weight is 285 g/mol. The Labute approximate surface area is 128 Å². The minimum Gasteiger partial charge on any atom is -0.361 e. The van der Waals surface area contributed by atoms with Gasteiger partial charge in [-0.25, -0.2) is 0 Å². The van der Waals surface area contributed by atoms with Crippen LogP contribution in [0.15, 0.2) is 79.3 Å². The smallest absolute Gasteiger partial charge is 0.0570 e. The Morgan fingerprint density at radius 2 is 1.77 bits per heavy atom. The number of aromatic nitrogens is 2. The zero-order valence-electron chi connectivity index (χ0n) is 12.0. The maximum absolute atomic E-state index is 4.13. The summed E-state index contributed by atoms with van der Waals surface area (Å²) in [7, 11) is 0. The van der Waals surface area contributed by atoms with E-state index in [0.717, 1.165) is 16.9 Å². The van der Waals surface area contributed by atoms with Gasteiger partial charge in [-0.05, 0) is 47.5 Å². The molecule has 0 saturated heterocycles. The second kappa shape index (κ2) is 5.37. The number of fused-ring (bicyclic) bond motifs is 1.